The van der Waals surface area contributed by atoms with E-state index in [0.29, 0.717) is 11.3 Å². The molecule has 0 fully saturated rings. The van der Waals surface area contributed by atoms with Crippen molar-refractivity contribution in [2.75, 3.05) is 6.26 Å². The summed E-state index contributed by atoms with van der Waals surface area (Å²) in [4.78, 5) is 7.65. The molecule has 0 spiro atoms. The fourth-order valence-electron chi connectivity index (χ4n) is 1.66. The molecule has 1 heterocycles. The third-order valence-corrected chi connectivity index (χ3v) is 3.15. The van der Waals surface area contributed by atoms with Crippen molar-refractivity contribution in [3.05, 3.63) is 41.6 Å². The second-order valence-electron chi connectivity index (χ2n) is 3.94. The number of hydrogen-bond donors (Lipinski definition) is 0. The van der Waals surface area contributed by atoms with E-state index in [0.717, 1.165) is 23.4 Å². The first-order valence-electron chi connectivity index (χ1n) is 5.48. The molecule has 0 aliphatic heterocycles. The van der Waals surface area contributed by atoms with Crippen molar-refractivity contribution in [3.8, 4) is 11.3 Å². The summed E-state index contributed by atoms with van der Waals surface area (Å²) in [7, 11) is 0. The monoisotopic (exact) mass is 284 g/mol. The first-order chi connectivity index (χ1) is 8.91. The summed E-state index contributed by atoms with van der Waals surface area (Å²) >= 11 is 1.09. The van der Waals surface area contributed by atoms with Gasteiger partial charge < -0.3 is 0 Å². The lowest BCUT2D eigenvalue weighted by atomic mass is 10.1. The molecule has 0 amide bonds. The Balaban J connectivity index is 2.61. The molecule has 0 saturated heterocycles. The summed E-state index contributed by atoms with van der Waals surface area (Å²) in [5, 5.41) is 0.119. The average molecular weight is 284 g/mol. The number of nitrogens with zero attached hydrogens (tertiary/aromatic N) is 2. The van der Waals surface area contributed by atoms with Crippen LogP contribution in [-0.2, 0) is 6.18 Å². The summed E-state index contributed by atoms with van der Waals surface area (Å²) < 4.78 is 38.4. The maximum atomic E-state index is 12.8. The van der Waals surface area contributed by atoms with Crippen molar-refractivity contribution in [1.82, 2.24) is 9.97 Å². The van der Waals surface area contributed by atoms with Crippen LogP contribution in [0.3, 0.4) is 0 Å². The molecule has 0 aliphatic rings. The second-order valence-corrected chi connectivity index (χ2v) is 4.71. The number of aryl methyl sites for hydroxylation is 1. The van der Waals surface area contributed by atoms with Crippen molar-refractivity contribution in [3.63, 3.8) is 0 Å². The zero-order valence-corrected chi connectivity index (χ0v) is 11.1. The van der Waals surface area contributed by atoms with E-state index in [9.17, 15) is 13.2 Å². The molecule has 100 valence electrons. The average Bonchev–Trinajstić information content (AvgIpc) is 2.37. The van der Waals surface area contributed by atoms with E-state index in [-0.39, 0.29) is 5.16 Å². The van der Waals surface area contributed by atoms with Crippen LogP contribution in [0, 0.1) is 6.92 Å². The molecule has 0 radical (unpaired) electrons. The molecule has 0 unspecified atom stereocenters. The van der Waals surface area contributed by atoms with Gasteiger partial charge in [0.1, 0.15) is 5.69 Å². The Morgan fingerprint density at radius 1 is 1.11 bits per heavy atom. The quantitative estimate of drug-likeness (QED) is 0.611. The van der Waals surface area contributed by atoms with Crippen LogP contribution in [0.25, 0.3) is 11.3 Å². The van der Waals surface area contributed by atoms with Gasteiger partial charge in [-0.15, -0.1) is 0 Å². The minimum absolute atomic E-state index is 0.119. The number of aromatic nitrogens is 2. The van der Waals surface area contributed by atoms with Crippen LogP contribution in [0.1, 0.15) is 11.3 Å². The highest BCUT2D eigenvalue weighted by Crippen LogP contribution is 2.32. The SMILES string of the molecule is CSc1nc(-c2ccccc2C)cc(C(F)(F)F)n1. The van der Waals surface area contributed by atoms with E-state index < -0.39 is 11.9 Å². The number of benzene rings is 1. The van der Waals surface area contributed by atoms with E-state index in [4.69, 9.17) is 0 Å². The first-order valence-corrected chi connectivity index (χ1v) is 6.70. The van der Waals surface area contributed by atoms with Gasteiger partial charge in [0.25, 0.3) is 0 Å². The Bertz CT molecular complexity index is 597. The van der Waals surface area contributed by atoms with E-state index in [1.165, 1.54) is 0 Å². The fourth-order valence-corrected chi connectivity index (χ4v) is 2.04. The molecular formula is C13H11F3N2S. The topological polar surface area (TPSA) is 25.8 Å². The van der Waals surface area contributed by atoms with Crippen LogP contribution in [0.15, 0.2) is 35.5 Å². The number of thioether (sulfide) groups is 1. The van der Waals surface area contributed by atoms with Gasteiger partial charge in [-0.2, -0.15) is 13.2 Å². The van der Waals surface area contributed by atoms with Gasteiger partial charge in [-0.05, 0) is 24.8 Å². The molecule has 6 heteroatoms. The summed E-state index contributed by atoms with van der Waals surface area (Å²) in [6.45, 7) is 1.84. The highest BCUT2D eigenvalue weighted by molar-refractivity contribution is 7.98. The second kappa shape index (κ2) is 5.21. The Morgan fingerprint density at radius 3 is 2.37 bits per heavy atom. The molecule has 1 aromatic heterocycles. The van der Waals surface area contributed by atoms with Crippen LogP contribution >= 0.6 is 11.8 Å². The molecule has 0 bridgehead atoms. The number of alkyl halides is 3. The normalized spacial score (nSPS) is 11.6. The lowest BCUT2D eigenvalue weighted by molar-refractivity contribution is -0.141. The van der Waals surface area contributed by atoms with Gasteiger partial charge in [-0.1, -0.05) is 36.0 Å². The third-order valence-electron chi connectivity index (χ3n) is 2.60. The minimum Gasteiger partial charge on any atom is -0.222 e. The Morgan fingerprint density at radius 2 is 1.79 bits per heavy atom. The number of hydrogen-bond acceptors (Lipinski definition) is 3. The van der Waals surface area contributed by atoms with Gasteiger partial charge in [0.05, 0.1) is 5.69 Å². The van der Waals surface area contributed by atoms with Gasteiger partial charge >= 0.3 is 6.18 Å². The first kappa shape index (κ1) is 13.9. The molecule has 0 N–H and O–H groups in total. The largest absolute Gasteiger partial charge is 0.433 e. The standard InChI is InChI=1S/C13H11F3N2S/c1-8-5-3-4-6-9(8)10-7-11(13(14,15)16)18-12(17-10)19-2/h3-7H,1-2H3. The molecule has 19 heavy (non-hydrogen) atoms. The van der Waals surface area contributed by atoms with Crippen molar-refractivity contribution in [2.24, 2.45) is 0 Å². The van der Waals surface area contributed by atoms with Crippen molar-refractivity contribution >= 4 is 11.8 Å². The lowest BCUT2D eigenvalue weighted by Crippen LogP contribution is -2.10. The molecule has 0 atom stereocenters. The fraction of sp³-hybridized carbons (Fsp3) is 0.231. The summed E-state index contributed by atoms with van der Waals surface area (Å²) in [6.07, 6.45) is -2.82. The third kappa shape index (κ3) is 3.07. The molecule has 2 aromatic rings. The summed E-state index contributed by atoms with van der Waals surface area (Å²) in [5.41, 5.74) is 0.946. The highest BCUT2D eigenvalue weighted by Gasteiger charge is 2.33. The molecule has 1 aromatic carbocycles. The van der Waals surface area contributed by atoms with E-state index in [1.54, 1.807) is 18.4 Å². The van der Waals surface area contributed by atoms with Crippen LogP contribution in [0.2, 0.25) is 0 Å². The van der Waals surface area contributed by atoms with Crippen LogP contribution in [-0.4, -0.2) is 16.2 Å². The molecule has 0 saturated carbocycles. The Hall–Kier alpha value is -1.56. The van der Waals surface area contributed by atoms with E-state index in [2.05, 4.69) is 9.97 Å². The van der Waals surface area contributed by atoms with Crippen molar-refractivity contribution in [2.45, 2.75) is 18.3 Å². The van der Waals surface area contributed by atoms with Crippen LogP contribution in [0.5, 0.6) is 0 Å². The summed E-state index contributed by atoms with van der Waals surface area (Å²) in [6, 6.07) is 8.18. The predicted molar refractivity (Wildman–Crippen MR) is 69.0 cm³/mol. The maximum absolute atomic E-state index is 12.8. The summed E-state index contributed by atoms with van der Waals surface area (Å²) in [5.74, 6) is 0. The van der Waals surface area contributed by atoms with Crippen molar-refractivity contribution in [1.29, 1.82) is 0 Å². The van der Waals surface area contributed by atoms with E-state index >= 15 is 0 Å². The lowest BCUT2D eigenvalue weighted by Gasteiger charge is -2.10. The maximum Gasteiger partial charge on any atom is 0.433 e. The van der Waals surface area contributed by atoms with Crippen LogP contribution in [0.4, 0.5) is 13.2 Å². The zero-order chi connectivity index (χ0) is 14.0. The molecule has 0 aliphatic carbocycles. The molecular weight excluding hydrogens is 273 g/mol. The molecule has 2 rings (SSSR count). The van der Waals surface area contributed by atoms with Gasteiger partial charge in [0, 0.05) is 5.56 Å². The van der Waals surface area contributed by atoms with Crippen LogP contribution < -0.4 is 0 Å². The van der Waals surface area contributed by atoms with Crippen molar-refractivity contribution < 1.29 is 13.2 Å². The smallest absolute Gasteiger partial charge is 0.222 e. The zero-order valence-electron chi connectivity index (χ0n) is 10.3. The molecule has 2 nitrogen and oxygen atoms in total. The highest BCUT2D eigenvalue weighted by atomic mass is 32.2. The minimum atomic E-state index is -4.47. The number of rotatable bonds is 2. The Labute approximate surface area is 113 Å². The van der Waals surface area contributed by atoms with Gasteiger partial charge in [-0.3, -0.25) is 0 Å². The number of halogens is 3. The predicted octanol–water partition coefficient (Wildman–Crippen LogP) is 4.19. The van der Waals surface area contributed by atoms with Gasteiger partial charge in [0.2, 0.25) is 0 Å². The van der Waals surface area contributed by atoms with Gasteiger partial charge in [0.15, 0.2) is 5.16 Å². The Kier molecular flexibility index (Phi) is 3.80. The van der Waals surface area contributed by atoms with Gasteiger partial charge in [-0.25, -0.2) is 9.97 Å². The van der Waals surface area contributed by atoms with E-state index in [1.807, 2.05) is 19.1 Å².